The topological polar surface area (TPSA) is 124 Å². The molecule has 0 fully saturated rings. The summed E-state index contributed by atoms with van der Waals surface area (Å²) in [7, 11) is 0. The Morgan fingerprint density at radius 3 is 2.60 bits per heavy atom. The van der Waals surface area contributed by atoms with Crippen LogP contribution in [0, 0.1) is 5.92 Å². The first-order valence-electron chi connectivity index (χ1n) is 8.07. The molecule has 0 aliphatic rings. The summed E-state index contributed by atoms with van der Waals surface area (Å²) in [5.74, 6) is -1.84. The second kappa shape index (κ2) is 8.27. The number of fused-ring (bicyclic) bond motifs is 1. The van der Waals surface area contributed by atoms with Crippen molar-refractivity contribution in [1.29, 1.82) is 0 Å². The number of aromatic amines is 1. The van der Waals surface area contributed by atoms with Gasteiger partial charge in [-0.3, -0.25) is 14.7 Å². The largest absolute Gasteiger partial charge is 0.480 e. The number of amides is 2. The van der Waals surface area contributed by atoms with E-state index in [2.05, 4.69) is 20.8 Å². The third-order valence-corrected chi connectivity index (χ3v) is 3.66. The molecule has 1 heterocycles. The smallest absolute Gasteiger partial charge is 0.326 e. The van der Waals surface area contributed by atoms with Gasteiger partial charge < -0.3 is 15.7 Å². The molecule has 8 heteroatoms. The second-order valence-electron chi connectivity index (χ2n) is 6.26. The number of hydrogen-bond donors (Lipinski definition) is 4. The first kappa shape index (κ1) is 18.4. The second-order valence-corrected chi connectivity index (χ2v) is 6.26. The average Bonchev–Trinajstić information content (AvgIpc) is 2.95. The number of hydrogen-bond acceptors (Lipinski definition) is 4. The molecule has 134 valence electrons. The van der Waals surface area contributed by atoms with Crippen LogP contribution in [0.3, 0.4) is 0 Å². The normalized spacial score (nSPS) is 12.1. The van der Waals surface area contributed by atoms with Crippen molar-refractivity contribution in [1.82, 2.24) is 20.8 Å². The van der Waals surface area contributed by atoms with E-state index in [4.69, 9.17) is 5.11 Å². The van der Waals surface area contributed by atoms with Crippen LogP contribution in [0.5, 0.6) is 0 Å². The summed E-state index contributed by atoms with van der Waals surface area (Å²) in [5.41, 5.74) is 1.43. The molecule has 25 heavy (non-hydrogen) atoms. The van der Waals surface area contributed by atoms with E-state index >= 15 is 0 Å². The lowest BCUT2D eigenvalue weighted by Gasteiger charge is -2.16. The number of aromatic nitrogens is 2. The van der Waals surface area contributed by atoms with Crippen LogP contribution in [-0.2, 0) is 20.8 Å². The van der Waals surface area contributed by atoms with Gasteiger partial charge in [-0.1, -0.05) is 32.0 Å². The number of carbonyl (C=O) groups is 3. The van der Waals surface area contributed by atoms with Gasteiger partial charge in [0.15, 0.2) is 0 Å². The Kier molecular flexibility index (Phi) is 6.10. The molecule has 1 atom stereocenters. The summed E-state index contributed by atoms with van der Waals surface area (Å²) in [6.45, 7) is 3.48. The van der Waals surface area contributed by atoms with E-state index in [0.717, 1.165) is 10.9 Å². The standard InChI is InChI=1S/C17H22N4O4/c1-10(2)7-14(17(24)25)19-16(23)9-18-15(22)8-13-11-5-3-4-6-12(11)20-21-13/h3-6,10,14H,7-9H2,1-2H3,(H,18,22)(H,19,23)(H,20,21)(H,24,25)/t14-/m0/s1. The van der Waals surface area contributed by atoms with Gasteiger partial charge in [0.1, 0.15) is 6.04 Å². The lowest BCUT2D eigenvalue weighted by Crippen LogP contribution is -2.46. The van der Waals surface area contributed by atoms with Crippen LogP contribution in [0.25, 0.3) is 10.9 Å². The molecule has 0 saturated heterocycles. The number of aliphatic carboxylic acids is 1. The van der Waals surface area contributed by atoms with Crippen LogP contribution in [-0.4, -0.2) is 45.7 Å². The van der Waals surface area contributed by atoms with Gasteiger partial charge in [-0.05, 0) is 18.4 Å². The van der Waals surface area contributed by atoms with Crippen LogP contribution in [0.15, 0.2) is 24.3 Å². The Hall–Kier alpha value is -2.90. The van der Waals surface area contributed by atoms with E-state index in [9.17, 15) is 14.4 Å². The van der Waals surface area contributed by atoms with E-state index in [1.165, 1.54) is 0 Å². The van der Waals surface area contributed by atoms with Crippen LogP contribution in [0.2, 0.25) is 0 Å². The van der Waals surface area contributed by atoms with Crippen molar-refractivity contribution in [2.45, 2.75) is 32.7 Å². The molecule has 0 saturated carbocycles. The molecule has 2 amide bonds. The molecule has 1 aromatic heterocycles. The third kappa shape index (κ3) is 5.30. The molecule has 1 aromatic carbocycles. The predicted octanol–water partition coefficient (Wildman–Crippen LogP) is 0.837. The van der Waals surface area contributed by atoms with Gasteiger partial charge in [-0.2, -0.15) is 5.10 Å². The Bertz CT molecular complexity index is 769. The van der Waals surface area contributed by atoms with Crippen molar-refractivity contribution in [3.63, 3.8) is 0 Å². The van der Waals surface area contributed by atoms with Gasteiger partial charge in [0.2, 0.25) is 11.8 Å². The van der Waals surface area contributed by atoms with E-state index in [1.807, 2.05) is 38.1 Å². The van der Waals surface area contributed by atoms with Crippen LogP contribution < -0.4 is 10.6 Å². The molecule has 0 unspecified atom stereocenters. The number of carboxylic acid groups (broad SMARTS) is 1. The number of para-hydroxylation sites is 1. The molecular weight excluding hydrogens is 324 g/mol. The van der Waals surface area contributed by atoms with Gasteiger partial charge in [-0.25, -0.2) is 4.79 Å². The maximum absolute atomic E-state index is 12.0. The van der Waals surface area contributed by atoms with Crippen molar-refractivity contribution in [3.05, 3.63) is 30.0 Å². The minimum atomic E-state index is -1.09. The highest BCUT2D eigenvalue weighted by molar-refractivity contribution is 5.90. The first-order chi connectivity index (χ1) is 11.9. The summed E-state index contributed by atoms with van der Waals surface area (Å²) in [5, 5.41) is 21.8. The zero-order valence-corrected chi connectivity index (χ0v) is 14.2. The van der Waals surface area contributed by atoms with Gasteiger partial charge in [0, 0.05) is 5.39 Å². The number of H-pyrrole nitrogens is 1. The fourth-order valence-corrected chi connectivity index (χ4v) is 2.49. The number of rotatable bonds is 8. The van der Waals surface area contributed by atoms with Crippen LogP contribution in [0.1, 0.15) is 26.0 Å². The summed E-state index contributed by atoms with van der Waals surface area (Å²) in [4.78, 5) is 35.0. The third-order valence-electron chi connectivity index (χ3n) is 3.66. The lowest BCUT2D eigenvalue weighted by molar-refractivity contribution is -0.142. The molecule has 0 aliphatic carbocycles. The minimum absolute atomic E-state index is 0.0577. The number of benzene rings is 1. The highest BCUT2D eigenvalue weighted by Crippen LogP contribution is 2.15. The Morgan fingerprint density at radius 1 is 1.20 bits per heavy atom. The van der Waals surface area contributed by atoms with Crippen molar-refractivity contribution < 1.29 is 19.5 Å². The van der Waals surface area contributed by atoms with Gasteiger partial charge in [0.05, 0.1) is 24.2 Å². The monoisotopic (exact) mass is 346 g/mol. The molecule has 8 nitrogen and oxygen atoms in total. The van der Waals surface area contributed by atoms with E-state index in [-0.39, 0.29) is 24.8 Å². The van der Waals surface area contributed by atoms with Crippen molar-refractivity contribution in [2.24, 2.45) is 5.92 Å². The van der Waals surface area contributed by atoms with E-state index in [0.29, 0.717) is 12.1 Å². The molecule has 0 aliphatic heterocycles. The van der Waals surface area contributed by atoms with Crippen molar-refractivity contribution in [3.8, 4) is 0 Å². The first-order valence-corrected chi connectivity index (χ1v) is 8.07. The van der Waals surface area contributed by atoms with Gasteiger partial charge >= 0.3 is 5.97 Å². The molecule has 0 radical (unpaired) electrons. The lowest BCUT2D eigenvalue weighted by atomic mass is 10.0. The Balaban J connectivity index is 1.84. The highest BCUT2D eigenvalue weighted by atomic mass is 16.4. The van der Waals surface area contributed by atoms with E-state index < -0.39 is 17.9 Å². The quantitative estimate of drug-likeness (QED) is 0.564. The van der Waals surface area contributed by atoms with Gasteiger partial charge in [-0.15, -0.1) is 0 Å². The summed E-state index contributed by atoms with van der Waals surface area (Å²) in [6.07, 6.45) is 0.386. The molecule has 0 spiro atoms. The highest BCUT2D eigenvalue weighted by Gasteiger charge is 2.21. The average molecular weight is 346 g/mol. The maximum Gasteiger partial charge on any atom is 0.326 e. The van der Waals surface area contributed by atoms with Crippen LogP contribution >= 0.6 is 0 Å². The molecule has 2 aromatic rings. The minimum Gasteiger partial charge on any atom is -0.480 e. The molecule has 0 bridgehead atoms. The summed E-state index contributed by atoms with van der Waals surface area (Å²) in [6, 6.07) is 6.45. The van der Waals surface area contributed by atoms with E-state index in [1.54, 1.807) is 0 Å². The number of nitrogens with zero attached hydrogens (tertiary/aromatic N) is 1. The fourth-order valence-electron chi connectivity index (χ4n) is 2.49. The van der Waals surface area contributed by atoms with Crippen molar-refractivity contribution >= 4 is 28.7 Å². The SMILES string of the molecule is CC(C)C[C@H](NC(=O)CNC(=O)Cc1[nH]nc2ccccc12)C(=O)O. The van der Waals surface area contributed by atoms with Crippen molar-refractivity contribution in [2.75, 3.05) is 6.54 Å². The van der Waals surface area contributed by atoms with Gasteiger partial charge in [0.25, 0.3) is 0 Å². The Morgan fingerprint density at radius 2 is 1.92 bits per heavy atom. The molecule has 4 N–H and O–H groups in total. The molecule has 2 rings (SSSR count). The number of nitrogens with one attached hydrogen (secondary N) is 3. The molecular formula is C17H22N4O4. The predicted molar refractivity (Wildman–Crippen MR) is 91.8 cm³/mol. The zero-order valence-electron chi connectivity index (χ0n) is 14.2. The number of carboxylic acids is 1. The van der Waals surface area contributed by atoms with Crippen LogP contribution in [0.4, 0.5) is 0 Å². The summed E-state index contributed by atoms with van der Waals surface area (Å²) < 4.78 is 0. The Labute approximate surface area is 145 Å². The summed E-state index contributed by atoms with van der Waals surface area (Å²) >= 11 is 0. The fraction of sp³-hybridized carbons (Fsp3) is 0.412. The number of carbonyl (C=O) groups excluding carboxylic acids is 2. The maximum atomic E-state index is 12.0. The zero-order chi connectivity index (χ0) is 18.4.